The van der Waals surface area contributed by atoms with Crippen LogP contribution in [0.15, 0.2) is 30.3 Å². The van der Waals surface area contributed by atoms with E-state index in [4.69, 9.17) is 4.74 Å². The van der Waals surface area contributed by atoms with Crippen molar-refractivity contribution >= 4 is 11.8 Å². The predicted molar refractivity (Wildman–Crippen MR) is 86.3 cm³/mol. The predicted octanol–water partition coefficient (Wildman–Crippen LogP) is 1.99. The Kier molecular flexibility index (Phi) is 7.05. The van der Waals surface area contributed by atoms with Gasteiger partial charge in [-0.2, -0.15) is 0 Å². The van der Waals surface area contributed by atoms with E-state index in [1.165, 1.54) is 12.0 Å². The first-order valence-electron chi connectivity index (χ1n) is 7.46. The van der Waals surface area contributed by atoms with Crippen LogP contribution in [0.1, 0.15) is 31.9 Å². The van der Waals surface area contributed by atoms with Gasteiger partial charge in [0.05, 0.1) is 0 Å². The van der Waals surface area contributed by atoms with Crippen molar-refractivity contribution < 1.29 is 14.3 Å². The smallest absolute Gasteiger partial charge is 0.250 e. The second-order valence-electron chi connectivity index (χ2n) is 5.94. The Morgan fingerprint density at radius 1 is 1.18 bits per heavy atom. The summed E-state index contributed by atoms with van der Waals surface area (Å²) in [6, 6.07) is 8.53. The molecule has 22 heavy (non-hydrogen) atoms. The van der Waals surface area contributed by atoms with Crippen LogP contribution in [-0.2, 0) is 14.3 Å². The Hall–Kier alpha value is -1.88. The maximum atomic E-state index is 12.4. The summed E-state index contributed by atoms with van der Waals surface area (Å²) >= 11 is 0. The average Bonchev–Trinajstić information content (AvgIpc) is 2.49. The van der Waals surface area contributed by atoms with Crippen LogP contribution in [0.2, 0.25) is 0 Å². The summed E-state index contributed by atoms with van der Waals surface area (Å²) in [4.78, 5) is 26.3. The lowest BCUT2D eigenvalue weighted by Gasteiger charge is -2.25. The van der Waals surface area contributed by atoms with E-state index in [0.717, 1.165) is 5.56 Å². The zero-order valence-electron chi connectivity index (χ0n) is 14.0. The summed E-state index contributed by atoms with van der Waals surface area (Å²) in [5.74, 6) is -0.102. The van der Waals surface area contributed by atoms with Gasteiger partial charge in [-0.25, -0.2) is 0 Å². The highest BCUT2D eigenvalue weighted by atomic mass is 16.5. The zero-order chi connectivity index (χ0) is 16.7. The van der Waals surface area contributed by atoms with Crippen molar-refractivity contribution in [3.8, 4) is 0 Å². The molecule has 5 heteroatoms. The van der Waals surface area contributed by atoms with Crippen molar-refractivity contribution in [1.29, 1.82) is 0 Å². The molecule has 2 atom stereocenters. The Morgan fingerprint density at radius 2 is 1.77 bits per heavy atom. The molecule has 0 radical (unpaired) electrons. The maximum Gasteiger partial charge on any atom is 0.250 e. The largest absolute Gasteiger partial charge is 0.372 e. The van der Waals surface area contributed by atoms with E-state index < -0.39 is 12.1 Å². The summed E-state index contributed by atoms with van der Waals surface area (Å²) in [7, 11) is 4.86. The Morgan fingerprint density at radius 3 is 2.23 bits per heavy atom. The van der Waals surface area contributed by atoms with Crippen molar-refractivity contribution in [1.82, 2.24) is 10.2 Å². The minimum absolute atomic E-state index is 0.168. The number of carbonyl (C=O) groups is 2. The summed E-state index contributed by atoms with van der Waals surface area (Å²) in [6.45, 7) is 4.05. The van der Waals surface area contributed by atoms with Crippen LogP contribution >= 0.6 is 0 Å². The van der Waals surface area contributed by atoms with Gasteiger partial charge < -0.3 is 15.0 Å². The lowest BCUT2D eigenvalue weighted by molar-refractivity contribution is -0.139. The molecular weight excluding hydrogens is 280 g/mol. The monoisotopic (exact) mass is 306 g/mol. The van der Waals surface area contributed by atoms with Crippen LogP contribution < -0.4 is 5.32 Å². The summed E-state index contributed by atoms with van der Waals surface area (Å²) < 4.78 is 5.26. The Labute approximate surface area is 132 Å². The number of hydrogen-bond donors (Lipinski definition) is 1. The third-order valence-corrected chi connectivity index (χ3v) is 3.37. The molecule has 0 saturated carbocycles. The summed E-state index contributed by atoms with van der Waals surface area (Å²) in [6.07, 6.45) is 0.0566. The third-order valence-electron chi connectivity index (χ3n) is 3.37. The number of nitrogens with one attached hydrogen (secondary N) is 1. The van der Waals surface area contributed by atoms with Crippen molar-refractivity contribution in [2.75, 3.05) is 21.2 Å². The van der Waals surface area contributed by atoms with E-state index >= 15 is 0 Å². The molecule has 1 aromatic carbocycles. The van der Waals surface area contributed by atoms with Crippen LogP contribution in [0.3, 0.4) is 0 Å². The minimum atomic E-state index is -0.700. The third kappa shape index (κ3) is 5.15. The van der Waals surface area contributed by atoms with E-state index in [-0.39, 0.29) is 11.8 Å². The molecule has 0 saturated heterocycles. The molecule has 0 aliphatic heterocycles. The van der Waals surface area contributed by atoms with Crippen LogP contribution in [-0.4, -0.2) is 44.0 Å². The van der Waals surface area contributed by atoms with Crippen molar-refractivity contribution in [2.45, 2.75) is 32.4 Å². The number of carbonyl (C=O) groups excluding carboxylic acids is 2. The van der Waals surface area contributed by atoms with Crippen LogP contribution in [0.25, 0.3) is 0 Å². The normalized spacial score (nSPS) is 13.5. The number of ether oxygens (including phenoxy) is 1. The molecule has 2 unspecified atom stereocenters. The lowest BCUT2D eigenvalue weighted by Crippen LogP contribution is -2.44. The van der Waals surface area contributed by atoms with Crippen molar-refractivity contribution in [2.24, 2.45) is 5.92 Å². The van der Waals surface area contributed by atoms with Gasteiger partial charge >= 0.3 is 0 Å². The van der Waals surface area contributed by atoms with Crippen molar-refractivity contribution in [3.05, 3.63) is 35.9 Å². The number of benzene rings is 1. The molecule has 0 aliphatic rings. The molecule has 0 bridgehead atoms. The van der Waals surface area contributed by atoms with E-state index in [1.54, 1.807) is 14.1 Å². The fraction of sp³-hybridized carbons (Fsp3) is 0.529. The van der Waals surface area contributed by atoms with Gasteiger partial charge in [-0.05, 0) is 17.9 Å². The van der Waals surface area contributed by atoms with Gasteiger partial charge in [-0.3, -0.25) is 9.59 Å². The highest BCUT2D eigenvalue weighted by Crippen LogP contribution is 2.16. The highest BCUT2D eigenvalue weighted by Gasteiger charge is 2.28. The highest BCUT2D eigenvalue weighted by molar-refractivity contribution is 5.90. The zero-order valence-corrected chi connectivity index (χ0v) is 14.0. The number of likely N-dealkylation sites (N-methyl/N-ethyl adjacent to an activating group) is 1. The molecule has 5 nitrogen and oxygen atoms in total. The average molecular weight is 306 g/mol. The number of hydrogen-bond acceptors (Lipinski definition) is 3. The van der Waals surface area contributed by atoms with Gasteiger partial charge in [0, 0.05) is 21.2 Å². The van der Waals surface area contributed by atoms with E-state index in [9.17, 15) is 9.59 Å². The first-order chi connectivity index (χ1) is 10.4. The molecule has 122 valence electrons. The van der Waals surface area contributed by atoms with Crippen LogP contribution in [0.4, 0.5) is 0 Å². The van der Waals surface area contributed by atoms with Gasteiger partial charge in [0.15, 0.2) is 0 Å². The maximum absolute atomic E-state index is 12.4. The second kappa shape index (κ2) is 8.54. The van der Waals surface area contributed by atoms with Gasteiger partial charge in [-0.15, -0.1) is 0 Å². The summed E-state index contributed by atoms with van der Waals surface area (Å²) in [5, 5.41) is 2.82. The van der Waals surface area contributed by atoms with E-state index in [1.807, 2.05) is 44.2 Å². The quantitative estimate of drug-likeness (QED) is 0.838. The summed E-state index contributed by atoms with van der Waals surface area (Å²) in [5.41, 5.74) is 0.758. The number of nitrogens with zero attached hydrogens (tertiary/aromatic N) is 1. The Balaban J connectivity index is 2.94. The fourth-order valence-corrected chi connectivity index (χ4v) is 2.16. The first kappa shape index (κ1) is 18.2. The first-order valence-corrected chi connectivity index (χ1v) is 7.46. The van der Waals surface area contributed by atoms with Crippen LogP contribution in [0.5, 0.6) is 0 Å². The molecule has 0 fully saturated rings. The van der Waals surface area contributed by atoms with Gasteiger partial charge in [-0.1, -0.05) is 44.2 Å². The number of methoxy groups -OCH3 is 1. The van der Waals surface area contributed by atoms with Crippen LogP contribution in [0, 0.1) is 5.92 Å². The Bertz CT molecular complexity index is 486. The van der Waals surface area contributed by atoms with E-state index in [0.29, 0.717) is 12.3 Å². The topological polar surface area (TPSA) is 58.6 Å². The van der Waals surface area contributed by atoms with E-state index in [2.05, 4.69) is 5.32 Å². The molecule has 2 amide bonds. The molecule has 1 rings (SSSR count). The van der Waals surface area contributed by atoms with Gasteiger partial charge in [0.25, 0.3) is 0 Å². The molecule has 0 spiro atoms. The lowest BCUT2D eigenvalue weighted by atomic mass is 10.0. The number of amides is 2. The van der Waals surface area contributed by atoms with Gasteiger partial charge in [0.2, 0.25) is 11.8 Å². The second-order valence-corrected chi connectivity index (χ2v) is 5.94. The molecule has 1 aromatic rings. The molecule has 0 heterocycles. The van der Waals surface area contributed by atoms with Crippen molar-refractivity contribution in [3.63, 3.8) is 0 Å². The standard InChI is InChI=1S/C17H26N2O3/c1-12(2)11-14(22-5)16(20)18-15(17(21)19(3)4)13-9-7-6-8-10-13/h6-10,12,14-15H,11H2,1-5H3,(H,18,20). The molecule has 0 aromatic heterocycles. The van der Waals surface area contributed by atoms with Gasteiger partial charge in [0.1, 0.15) is 12.1 Å². The SMILES string of the molecule is COC(CC(C)C)C(=O)NC(C(=O)N(C)C)c1ccccc1. The molecule has 1 N–H and O–H groups in total. The molecule has 0 aliphatic carbocycles. The molecular formula is C17H26N2O3. The number of rotatable bonds is 7. The fourth-order valence-electron chi connectivity index (χ4n) is 2.16. The minimum Gasteiger partial charge on any atom is -0.372 e.